The highest BCUT2D eigenvalue weighted by Crippen LogP contribution is 2.27. The van der Waals surface area contributed by atoms with Gasteiger partial charge in [0.2, 0.25) is 5.91 Å². The fraction of sp³-hybridized carbons (Fsp3) is 0.154. The molecule has 0 N–H and O–H groups in total. The van der Waals surface area contributed by atoms with Crippen LogP contribution >= 0.6 is 11.8 Å². The van der Waals surface area contributed by atoms with E-state index >= 15 is 0 Å². The Morgan fingerprint density at radius 3 is 2.53 bits per heavy atom. The van der Waals surface area contributed by atoms with Crippen LogP contribution < -0.4 is 15.2 Å². The van der Waals surface area contributed by atoms with Crippen LogP contribution in [0, 0.1) is 11.3 Å². The molecule has 0 atom stereocenters. The molecule has 3 aromatic carbocycles. The minimum Gasteiger partial charge on any atom is -0.495 e. The monoisotopic (exact) mass is 470 g/mol. The van der Waals surface area contributed by atoms with Gasteiger partial charge in [-0.15, -0.1) is 0 Å². The third kappa shape index (κ3) is 4.80. The number of ether oxygens (including phenoxy) is 1. The highest BCUT2D eigenvalue weighted by molar-refractivity contribution is 7.99. The summed E-state index contributed by atoms with van der Waals surface area (Å²) in [5, 5.41) is 9.90. The van der Waals surface area contributed by atoms with Crippen molar-refractivity contribution < 1.29 is 9.53 Å². The number of para-hydroxylation sites is 4. The van der Waals surface area contributed by atoms with Crippen molar-refractivity contribution in [2.45, 2.75) is 11.6 Å². The summed E-state index contributed by atoms with van der Waals surface area (Å²) in [5.74, 6) is 0.385. The van der Waals surface area contributed by atoms with Crippen LogP contribution in [0.4, 0.5) is 5.69 Å². The van der Waals surface area contributed by atoms with Crippen LogP contribution in [0.5, 0.6) is 5.75 Å². The number of hydrogen-bond acceptors (Lipinski definition) is 6. The second-order valence-electron chi connectivity index (χ2n) is 7.30. The number of anilines is 1. The number of nitriles is 1. The summed E-state index contributed by atoms with van der Waals surface area (Å²) in [4.78, 5) is 33.0. The molecule has 0 spiro atoms. The minimum absolute atomic E-state index is 0.0419. The molecular formula is C26H22N4O3S. The Hall–Kier alpha value is -4.09. The quantitative estimate of drug-likeness (QED) is 0.280. The van der Waals surface area contributed by atoms with Gasteiger partial charge < -0.3 is 9.64 Å². The third-order valence-electron chi connectivity index (χ3n) is 5.21. The fourth-order valence-electron chi connectivity index (χ4n) is 3.61. The second kappa shape index (κ2) is 10.7. The van der Waals surface area contributed by atoms with Gasteiger partial charge in [0.15, 0.2) is 5.16 Å². The summed E-state index contributed by atoms with van der Waals surface area (Å²) in [6.45, 7) is 0.282. The molecule has 1 aromatic heterocycles. The molecule has 0 saturated carbocycles. The summed E-state index contributed by atoms with van der Waals surface area (Å²) < 4.78 is 6.97. The summed E-state index contributed by atoms with van der Waals surface area (Å²) in [6.07, 6.45) is 0.214. The van der Waals surface area contributed by atoms with E-state index in [9.17, 15) is 9.59 Å². The van der Waals surface area contributed by atoms with Gasteiger partial charge in [0, 0.05) is 12.2 Å². The zero-order chi connectivity index (χ0) is 23.9. The van der Waals surface area contributed by atoms with Gasteiger partial charge >= 0.3 is 0 Å². The number of methoxy groups -OCH3 is 1. The number of thioether (sulfide) groups is 1. The van der Waals surface area contributed by atoms with Crippen molar-refractivity contribution in [1.82, 2.24) is 9.55 Å². The SMILES string of the molecule is COc1ccccc1-n1c(SCC(=O)N(CCC#N)c2ccccc2)nc2ccccc2c1=O. The second-order valence-corrected chi connectivity index (χ2v) is 8.24. The van der Waals surface area contributed by atoms with Crippen LogP contribution in [0.15, 0.2) is 88.8 Å². The molecule has 4 aromatic rings. The molecule has 0 aliphatic rings. The topological polar surface area (TPSA) is 88.2 Å². The van der Waals surface area contributed by atoms with Crippen LogP contribution in [-0.2, 0) is 4.79 Å². The molecule has 8 heteroatoms. The Morgan fingerprint density at radius 2 is 1.76 bits per heavy atom. The fourth-order valence-corrected chi connectivity index (χ4v) is 4.49. The molecule has 0 aliphatic carbocycles. The average molecular weight is 471 g/mol. The first kappa shape index (κ1) is 23.1. The number of aromatic nitrogens is 2. The van der Waals surface area contributed by atoms with Crippen molar-refractivity contribution in [2.75, 3.05) is 24.3 Å². The Bertz CT molecular complexity index is 1410. The standard InChI is InChI=1S/C26H22N4O3S/c1-33-23-15-8-7-14-22(23)30-25(32)20-12-5-6-13-21(20)28-26(30)34-18-24(31)29(17-9-16-27)19-10-3-2-4-11-19/h2-8,10-15H,9,17-18H2,1H3. The number of rotatable bonds is 8. The molecule has 1 heterocycles. The summed E-state index contributed by atoms with van der Waals surface area (Å²) in [5.41, 5.74) is 1.58. The lowest BCUT2D eigenvalue weighted by atomic mass is 10.2. The molecule has 0 fully saturated rings. The van der Waals surface area contributed by atoms with Gasteiger partial charge in [0.05, 0.1) is 41.9 Å². The number of carbonyl (C=O) groups excluding carboxylic acids is 1. The molecule has 4 rings (SSSR count). The van der Waals surface area contributed by atoms with Gasteiger partial charge in [-0.2, -0.15) is 5.26 Å². The lowest BCUT2D eigenvalue weighted by molar-refractivity contribution is -0.116. The van der Waals surface area contributed by atoms with E-state index in [1.54, 1.807) is 42.3 Å². The van der Waals surface area contributed by atoms with Gasteiger partial charge in [-0.25, -0.2) is 4.98 Å². The first-order chi connectivity index (χ1) is 16.6. The lowest BCUT2D eigenvalue weighted by Crippen LogP contribution is -2.33. The Morgan fingerprint density at radius 1 is 1.06 bits per heavy atom. The van der Waals surface area contributed by atoms with Crippen molar-refractivity contribution in [3.8, 4) is 17.5 Å². The van der Waals surface area contributed by atoms with E-state index in [1.807, 2.05) is 48.5 Å². The third-order valence-corrected chi connectivity index (χ3v) is 6.14. The number of benzene rings is 3. The molecule has 7 nitrogen and oxygen atoms in total. The van der Waals surface area contributed by atoms with Gasteiger partial charge in [-0.1, -0.05) is 54.2 Å². The van der Waals surface area contributed by atoms with E-state index in [4.69, 9.17) is 15.0 Å². The van der Waals surface area contributed by atoms with Crippen LogP contribution in [0.1, 0.15) is 6.42 Å². The smallest absolute Gasteiger partial charge is 0.266 e. The van der Waals surface area contributed by atoms with E-state index in [0.29, 0.717) is 27.5 Å². The highest BCUT2D eigenvalue weighted by atomic mass is 32.2. The maximum absolute atomic E-state index is 13.5. The Balaban J connectivity index is 1.73. The summed E-state index contributed by atoms with van der Waals surface area (Å²) in [6, 6.07) is 25.6. The minimum atomic E-state index is -0.241. The average Bonchev–Trinajstić information content (AvgIpc) is 2.88. The molecule has 170 valence electrons. The van der Waals surface area contributed by atoms with E-state index < -0.39 is 0 Å². The Labute approximate surface area is 201 Å². The number of hydrogen-bond donors (Lipinski definition) is 0. The molecular weight excluding hydrogens is 448 g/mol. The van der Waals surface area contributed by atoms with Crippen LogP contribution in [-0.4, -0.2) is 34.9 Å². The maximum atomic E-state index is 13.5. The predicted molar refractivity (Wildman–Crippen MR) is 134 cm³/mol. The highest BCUT2D eigenvalue weighted by Gasteiger charge is 2.20. The molecule has 1 amide bonds. The van der Waals surface area contributed by atoms with Gasteiger partial charge in [-0.05, 0) is 36.4 Å². The van der Waals surface area contributed by atoms with Gasteiger partial charge in [0.25, 0.3) is 5.56 Å². The van der Waals surface area contributed by atoms with Crippen molar-refractivity contribution in [3.05, 3.63) is 89.2 Å². The largest absolute Gasteiger partial charge is 0.495 e. The van der Waals surface area contributed by atoms with Crippen molar-refractivity contribution in [3.63, 3.8) is 0 Å². The zero-order valence-electron chi connectivity index (χ0n) is 18.5. The molecule has 34 heavy (non-hydrogen) atoms. The number of nitrogens with zero attached hydrogens (tertiary/aromatic N) is 4. The van der Waals surface area contributed by atoms with Crippen molar-refractivity contribution >= 4 is 34.3 Å². The first-order valence-corrected chi connectivity index (χ1v) is 11.6. The predicted octanol–water partition coefficient (Wildman–Crippen LogP) is 4.43. The first-order valence-electron chi connectivity index (χ1n) is 10.6. The Kier molecular flexibility index (Phi) is 7.25. The van der Waals surface area contributed by atoms with E-state index in [1.165, 1.54) is 16.3 Å². The van der Waals surface area contributed by atoms with Crippen molar-refractivity contribution in [2.24, 2.45) is 0 Å². The zero-order valence-corrected chi connectivity index (χ0v) is 19.4. The molecule has 0 unspecified atom stereocenters. The van der Waals surface area contributed by atoms with E-state index in [0.717, 1.165) is 5.69 Å². The number of fused-ring (bicyclic) bond motifs is 1. The number of amides is 1. The van der Waals surface area contributed by atoms with Crippen LogP contribution in [0.3, 0.4) is 0 Å². The maximum Gasteiger partial charge on any atom is 0.266 e. The van der Waals surface area contributed by atoms with Crippen molar-refractivity contribution in [1.29, 1.82) is 5.26 Å². The normalized spacial score (nSPS) is 10.6. The van der Waals surface area contributed by atoms with Gasteiger partial charge in [0.1, 0.15) is 5.75 Å². The molecule has 0 saturated heterocycles. The van der Waals surface area contributed by atoms with E-state index in [2.05, 4.69) is 6.07 Å². The van der Waals surface area contributed by atoms with Crippen LogP contribution in [0.25, 0.3) is 16.6 Å². The summed E-state index contributed by atoms with van der Waals surface area (Å²) in [7, 11) is 1.54. The number of carbonyl (C=O) groups is 1. The van der Waals surface area contributed by atoms with Crippen LogP contribution in [0.2, 0.25) is 0 Å². The lowest BCUT2D eigenvalue weighted by Gasteiger charge is -2.22. The molecule has 0 bridgehead atoms. The van der Waals surface area contributed by atoms with E-state index in [-0.39, 0.29) is 30.2 Å². The van der Waals surface area contributed by atoms with Gasteiger partial charge in [-0.3, -0.25) is 14.2 Å². The summed E-state index contributed by atoms with van der Waals surface area (Å²) >= 11 is 1.18. The molecule has 0 aliphatic heterocycles. The molecule has 0 radical (unpaired) electrons.